The van der Waals surface area contributed by atoms with E-state index in [9.17, 15) is 28.0 Å². The maximum atomic E-state index is 13.6. The van der Waals surface area contributed by atoms with Gasteiger partial charge in [0.15, 0.2) is 22.5 Å². The van der Waals surface area contributed by atoms with Crippen LogP contribution in [0.4, 0.5) is 8.78 Å². The number of carbonyl (C=O) groups is 2. The number of aromatic nitrogens is 8. The molecule has 2 aromatic carbocycles. The van der Waals surface area contributed by atoms with Crippen LogP contribution in [0.3, 0.4) is 0 Å². The van der Waals surface area contributed by atoms with Crippen LogP contribution in [0.1, 0.15) is 85.0 Å². The van der Waals surface area contributed by atoms with E-state index in [-0.39, 0.29) is 89.0 Å². The van der Waals surface area contributed by atoms with Crippen LogP contribution < -0.4 is 33.6 Å². The summed E-state index contributed by atoms with van der Waals surface area (Å²) in [6.45, 7) is 0.808. The quantitative estimate of drug-likeness (QED) is 0.0455. The molecule has 0 spiro atoms. The first kappa shape index (κ1) is 57.1. The lowest BCUT2D eigenvalue weighted by atomic mass is 9.85. The summed E-state index contributed by atoms with van der Waals surface area (Å²) in [4.78, 5) is 51.4. The van der Waals surface area contributed by atoms with Crippen molar-refractivity contribution < 1.29 is 36.7 Å². The number of halogens is 4. The highest BCUT2D eigenvalue weighted by molar-refractivity contribution is 9.10. The van der Waals surface area contributed by atoms with Gasteiger partial charge in [0.2, 0.25) is 23.5 Å². The molecule has 0 unspecified atom stereocenters. The van der Waals surface area contributed by atoms with Crippen molar-refractivity contribution in [3.63, 3.8) is 0 Å². The number of amidine groups is 1. The second kappa shape index (κ2) is 27.1. The van der Waals surface area contributed by atoms with Crippen molar-refractivity contribution in [3.8, 4) is 34.4 Å². The summed E-state index contributed by atoms with van der Waals surface area (Å²) in [5, 5.41) is 35.4. The number of nitrogens with one attached hydrogen (secondary N) is 3. The number of aliphatic imine (C=N–C) groups is 1. The second-order valence-electron chi connectivity index (χ2n) is 14.6. The summed E-state index contributed by atoms with van der Waals surface area (Å²) < 4.78 is 48.7. The van der Waals surface area contributed by atoms with E-state index in [4.69, 9.17) is 35.2 Å². The Bertz CT molecular complexity index is 2800. The Morgan fingerprint density at radius 1 is 0.768 bits per heavy atom. The summed E-state index contributed by atoms with van der Waals surface area (Å²) >= 11 is 7.42. The van der Waals surface area contributed by atoms with E-state index in [2.05, 4.69) is 78.4 Å². The van der Waals surface area contributed by atoms with Gasteiger partial charge in [0.05, 0.1) is 20.3 Å². The number of carbonyl (C=O) groups excluding carboxylic acids is 2. The van der Waals surface area contributed by atoms with E-state index in [0.717, 1.165) is 47.7 Å². The van der Waals surface area contributed by atoms with E-state index in [1.807, 2.05) is 0 Å². The lowest BCUT2D eigenvalue weighted by Gasteiger charge is -2.23. The zero-order valence-electron chi connectivity index (χ0n) is 35.0. The molecule has 22 nitrogen and oxygen atoms in total. The molecule has 8 rings (SSSR count). The number of aryl methyl sites for hydroxylation is 2. The minimum atomic E-state index is -0.771. The largest absolute Gasteiger partial charge is 0.446 e. The van der Waals surface area contributed by atoms with Crippen LogP contribution >= 0.6 is 43.6 Å². The molecule has 0 atom stereocenters. The number of rotatable bonds is 13. The van der Waals surface area contributed by atoms with Gasteiger partial charge >= 0.3 is 11.5 Å². The SMILES string of the molecule is C.C.C.CSC(=N)NC(=O)C1CCC1.NC(=NCCCc1nonc1-c1noc(=O)n1-c1ccc(F)c(Br)c1)NC(=O)C1CCC1.NCCCc1nonc1-c1noc(=O)n1-c1ccc(F)c(Br)c1. The maximum Gasteiger partial charge on any atom is 0.446 e. The summed E-state index contributed by atoms with van der Waals surface area (Å²) in [6.07, 6.45) is 9.84. The molecule has 2 aliphatic carbocycles. The molecule has 0 radical (unpaired) electrons. The molecule has 2 fully saturated rings. The van der Waals surface area contributed by atoms with Crippen molar-refractivity contribution in [1.82, 2.24) is 50.7 Å². The number of benzene rings is 2. The number of hydrogen-bond acceptors (Lipinski definition) is 18. The predicted octanol–water partition coefficient (Wildman–Crippen LogP) is 6.72. The Kier molecular flexibility index (Phi) is 22.5. The normalized spacial score (nSPS) is 13.1. The molecule has 4 aromatic heterocycles. The van der Waals surface area contributed by atoms with Gasteiger partial charge in [-0.25, -0.2) is 36.8 Å². The first-order valence-electron chi connectivity index (χ1n) is 20.3. The monoisotopic (exact) mass is 1110 g/mol. The van der Waals surface area contributed by atoms with E-state index in [1.165, 1.54) is 48.2 Å². The Morgan fingerprint density at radius 2 is 1.22 bits per heavy atom. The number of nitrogens with zero attached hydrogens (tertiary/aromatic N) is 9. The molecule has 4 heterocycles. The van der Waals surface area contributed by atoms with E-state index >= 15 is 0 Å². The van der Waals surface area contributed by atoms with E-state index < -0.39 is 23.1 Å². The van der Waals surface area contributed by atoms with Crippen LogP contribution in [0, 0.1) is 28.9 Å². The third kappa shape index (κ3) is 14.7. The second-order valence-corrected chi connectivity index (χ2v) is 17.1. The number of hydrogen-bond donors (Lipinski definition) is 5. The summed E-state index contributed by atoms with van der Waals surface area (Å²) in [7, 11) is 0. The van der Waals surface area contributed by atoms with Gasteiger partial charge in [0.25, 0.3) is 0 Å². The minimum Gasteiger partial charge on any atom is -0.370 e. The molecular formula is C42H54Br2F2N14O8S. The van der Waals surface area contributed by atoms with Crippen molar-refractivity contribution in [2.24, 2.45) is 28.3 Å². The standard InChI is InChI=1S/C19H19BrFN7O4.C13H11BrFN5O3.C7H12N2OS.3CH4/c20-12-9-11(6-7-13(12)21)28-16(27-31-19(28)30)15-14(25-32-26-15)5-2-8-23-18(22)24-17(29)10-3-1-4-10;14-8-6-7(3-4-9(8)15)20-12(19-22-13(20)21)11-10(2-1-5-16)17-23-18-11;1-11-7(8)9-6(10)5-3-2-4-5;;;/h6-7,9-10H,1-5,8H2,(H3,22,23,24,29);3-4,6H,1-2,5,16H2;5H,2-4H2,1H3,(H2,8,9,10);3*1H4. The Labute approximate surface area is 415 Å². The number of thioether (sulfide) groups is 1. The highest BCUT2D eigenvalue weighted by Gasteiger charge is 2.27. The average Bonchev–Trinajstić information content (AvgIpc) is 4.07. The van der Waals surface area contributed by atoms with Crippen LogP contribution in [0.5, 0.6) is 0 Å². The van der Waals surface area contributed by atoms with Gasteiger partial charge in [-0.15, -0.1) is 0 Å². The van der Waals surface area contributed by atoms with Crippen molar-refractivity contribution >= 4 is 66.6 Å². The molecule has 2 aliphatic rings. The van der Waals surface area contributed by atoms with Crippen LogP contribution in [-0.2, 0) is 22.4 Å². The molecule has 7 N–H and O–H groups in total. The highest BCUT2D eigenvalue weighted by Crippen LogP contribution is 2.28. The van der Waals surface area contributed by atoms with Gasteiger partial charge in [-0.3, -0.25) is 34.4 Å². The number of guanidine groups is 1. The number of amides is 2. The number of nitrogens with two attached hydrogens (primary N) is 2. The molecule has 0 saturated heterocycles. The summed E-state index contributed by atoms with van der Waals surface area (Å²) in [5.74, 6) is -2.03. The van der Waals surface area contributed by atoms with Crippen molar-refractivity contribution in [3.05, 3.63) is 89.5 Å². The fourth-order valence-corrected chi connectivity index (χ4v) is 7.11. The first-order valence-corrected chi connectivity index (χ1v) is 23.1. The average molecular weight is 1110 g/mol. The van der Waals surface area contributed by atoms with Crippen LogP contribution in [0.15, 0.2) is 78.2 Å². The van der Waals surface area contributed by atoms with Gasteiger partial charge in [-0.2, -0.15) is 0 Å². The van der Waals surface area contributed by atoms with Crippen LogP contribution in [-0.4, -0.2) is 82.4 Å². The molecule has 2 amide bonds. The molecule has 6 aromatic rings. The minimum absolute atomic E-state index is 0. The van der Waals surface area contributed by atoms with Gasteiger partial charge in [0.1, 0.15) is 23.0 Å². The molecule has 0 aliphatic heterocycles. The zero-order valence-corrected chi connectivity index (χ0v) is 39.0. The molecule has 374 valence electrons. The third-order valence-corrected chi connectivity index (χ3v) is 11.9. The summed E-state index contributed by atoms with van der Waals surface area (Å²) in [5.41, 5.74) is 13.4. The van der Waals surface area contributed by atoms with Crippen LogP contribution in [0.25, 0.3) is 34.4 Å². The van der Waals surface area contributed by atoms with Gasteiger partial charge in [0, 0.05) is 18.4 Å². The molecular weight excluding hydrogens is 1060 g/mol. The van der Waals surface area contributed by atoms with Crippen LogP contribution in [0.2, 0.25) is 0 Å². The first-order chi connectivity index (χ1) is 31.8. The summed E-state index contributed by atoms with van der Waals surface area (Å²) in [6, 6.07) is 8.11. The molecule has 2 saturated carbocycles. The highest BCUT2D eigenvalue weighted by atomic mass is 79.9. The van der Waals surface area contributed by atoms with Gasteiger partial charge < -0.3 is 16.8 Å². The Hall–Kier alpha value is -6.19. The van der Waals surface area contributed by atoms with Crippen molar-refractivity contribution in [2.45, 2.75) is 86.5 Å². The van der Waals surface area contributed by atoms with Crippen molar-refractivity contribution in [2.75, 3.05) is 19.3 Å². The van der Waals surface area contributed by atoms with Gasteiger partial charge in [-0.05, 0) is 143 Å². The lowest BCUT2D eigenvalue weighted by Crippen LogP contribution is -2.42. The van der Waals surface area contributed by atoms with E-state index in [0.29, 0.717) is 61.5 Å². The van der Waals surface area contributed by atoms with Crippen molar-refractivity contribution in [1.29, 1.82) is 5.41 Å². The Morgan fingerprint density at radius 3 is 1.62 bits per heavy atom. The smallest absolute Gasteiger partial charge is 0.370 e. The van der Waals surface area contributed by atoms with Gasteiger partial charge in [-0.1, -0.05) is 67.5 Å². The molecule has 0 bridgehead atoms. The topological polar surface area (TPSA) is 320 Å². The Balaban J connectivity index is 0.000000298. The lowest BCUT2D eigenvalue weighted by molar-refractivity contribution is -0.126. The predicted molar refractivity (Wildman–Crippen MR) is 261 cm³/mol. The maximum absolute atomic E-state index is 13.6. The fraction of sp³-hybridized carbons (Fsp3) is 0.429. The molecule has 69 heavy (non-hydrogen) atoms. The molecule has 27 heteroatoms. The third-order valence-electron chi connectivity index (χ3n) is 10.2. The fourth-order valence-electron chi connectivity index (χ4n) is 6.17. The van der Waals surface area contributed by atoms with E-state index in [1.54, 1.807) is 6.26 Å². The zero-order chi connectivity index (χ0) is 47.3.